The first kappa shape index (κ1) is 25.8. The lowest BCUT2D eigenvalue weighted by Gasteiger charge is -2.42. The first-order valence-corrected chi connectivity index (χ1v) is 12.7. The van der Waals surface area contributed by atoms with Crippen LogP contribution >= 0.6 is 0 Å². The van der Waals surface area contributed by atoms with Crippen LogP contribution in [-0.4, -0.2) is 47.7 Å². The van der Waals surface area contributed by atoms with E-state index in [2.05, 4.69) is 15.6 Å². The van der Waals surface area contributed by atoms with Crippen molar-refractivity contribution in [2.45, 2.75) is 36.9 Å². The molecule has 1 aromatic carbocycles. The molecule has 1 unspecified atom stereocenters. The number of anilines is 1. The average molecular weight is 523 g/mol. The third-order valence-corrected chi connectivity index (χ3v) is 7.75. The number of pyridine rings is 1. The number of benzene rings is 1. The van der Waals surface area contributed by atoms with Crippen molar-refractivity contribution < 1.29 is 18.0 Å². The Balaban J connectivity index is 1.43. The Bertz CT molecular complexity index is 1340. The summed E-state index contributed by atoms with van der Waals surface area (Å²) in [7, 11) is 1.95. The zero-order chi connectivity index (χ0) is 26.9. The van der Waals surface area contributed by atoms with Crippen LogP contribution in [0.2, 0.25) is 0 Å². The molecule has 3 aromatic rings. The van der Waals surface area contributed by atoms with Crippen molar-refractivity contribution in [1.29, 1.82) is 5.26 Å². The fraction of sp³-hybridized carbons (Fsp3) is 0.393. The monoisotopic (exact) mass is 522 g/mol. The van der Waals surface area contributed by atoms with E-state index in [9.17, 15) is 23.2 Å². The van der Waals surface area contributed by atoms with Gasteiger partial charge in [-0.3, -0.25) is 9.78 Å². The van der Waals surface area contributed by atoms with Gasteiger partial charge in [0.25, 0.3) is 0 Å². The van der Waals surface area contributed by atoms with E-state index in [-0.39, 0.29) is 17.5 Å². The van der Waals surface area contributed by atoms with Gasteiger partial charge in [0.2, 0.25) is 5.91 Å². The second-order valence-corrected chi connectivity index (χ2v) is 10.0. The summed E-state index contributed by atoms with van der Waals surface area (Å²) in [4.78, 5) is 20.4. The predicted molar refractivity (Wildman–Crippen MR) is 137 cm³/mol. The summed E-state index contributed by atoms with van der Waals surface area (Å²) in [5.41, 5.74) is 1.32. The summed E-state index contributed by atoms with van der Waals surface area (Å²) in [5, 5.41) is 16.0. The van der Waals surface area contributed by atoms with E-state index in [0.29, 0.717) is 31.6 Å². The van der Waals surface area contributed by atoms with Gasteiger partial charge < -0.3 is 20.1 Å². The standard InChI is InChI=1S/C28H29F3N6O/c1-36-12-2-3-25(36)23-6-4-21(17-34-23)27(26(38)35-22-8-11-33-18-22)9-13-37(14-10-27)24-7-5-20(28(29,30)31)15-19(24)16-32/h2-7,12,15,17,22,33H,8-11,13-14,18H2,1H3,(H,35,38). The second kappa shape index (κ2) is 10.1. The summed E-state index contributed by atoms with van der Waals surface area (Å²) in [6.07, 6.45) is 0.931. The first-order chi connectivity index (χ1) is 18.2. The molecule has 0 saturated carbocycles. The number of aryl methyl sites for hydroxylation is 1. The number of nitrogens with one attached hydrogen (secondary N) is 2. The van der Waals surface area contributed by atoms with Crippen molar-refractivity contribution in [3.8, 4) is 17.5 Å². The van der Waals surface area contributed by atoms with Crippen LogP contribution in [0, 0.1) is 11.3 Å². The maximum atomic E-state index is 13.8. The van der Waals surface area contributed by atoms with Crippen LogP contribution in [0.15, 0.2) is 54.9 Å². The Morgan fingerprint density at radius 3 is 2.58 bits per heavy atom. The van der Waals surface area contributed by atoms with Crippen LogP contribution in [0.25, 0.3) is 11.4 Å². The molecule has 0 bridgehead atoms. The van der Waals surface area contributed by atoms with Crippen molar-refractivity contribution in [3.05, 3.63) is 71.5 Å². The van der Waals surface area contributed by atoms with Gasteiger partial charge >= 0.3 is 6.18 Å². The number of hydrogen-bond donors (Lipinski definition) is 2. The molecular weight excluding hydrogens is 493 g/mol. The smallest absolute Gasteiger partial charge is 0.370 e. The molecule has 7 nitrogen and oxygen atoms in total. The number of alkyl halides is 3. The number of halogens is 3. The fourth-order valence-corrected chi connectivity index (χ4v) is 5.51. The molecule has 2 aromatic heterocycles. The molecule has 5 rings (SSSR count). The quantitative estimate of drug-likeness (QED) is 0.529. The number of piperidine rings is 1. The summed E-state index contributed by atoms with van der Waals surface area (Å²) >= 11 is 0. The van der Waals surface area contributed by atoms with Gasteiger partial charge in [0.1, 0.15) is 6.07 Å². The van der Waals surface area contributed by atoms with Crippen LogP contribution in [0.3, 0.4) is 0 Å². The molecule has 1 atom stereocenters. The number of aromatic nitrogens is 2. The van der Waals surface area contributed by atoms with Gasteiger partial charge in [0.05, 0.1) is 33.6 Å². The Labute approximate surface area is 219 Å². The number of rotatable bonds is 5. The van der Waals surface area contributed by atoms with E-state index in [4.69, 9.17) is 0 Å². The molecule has 198 valence electrons. The topological polar surface area (TPSA) is 86.0 Å². The minimum Gasteiger partial charge on any atom is -0.370 e. The number of amides is 1. The molecule has 2 fully saturated rings. The maximum absolute atomic E-state index is 13.8. The molecule has 0 aliphatic carbocycles. The highest BCUT2D eigenvalue weighted by molar-refractivity contribution is 5.89. The van der Waals surface area contributed by atoms with E-state index in [1.807, 2.05) is 53.0 Å². The zero-order valence-corrected chi connectivity index (χ0v) is 21.1. The van der Waals surface area contributed by atoms with E-state index in [1.54, 1.807) is 6.20 Å². The van der Waals surface area contributed by atoms with Gasteiger partial charge in [-0.05, 0) is 67.8 Å². The van der Waals surface area contributed by atoms with E-state index in [0.717, 1.165) is 48.6 Å². The number of carbonyl (C=O) groups is 1. The molecule has 2 N–H and O–H groups in total. The molecule has 4 heterocycles. The van der Waals surface area contributed by atoms with Crippen molar-refractivity contribution in [2.75, 3.05) is 31.1 Å². The largest absolute Gasteiger partial charge is 0.416 e. The molecule has 2 aliphatic heterocycles. The van der Waals surface area contributed by atoms with Gasteiger partial charge in [-0.25, -0.2) is 0 Å². The summed E-state index contributed by atoms with van der Waals surface area (Å²) < 4.78 is 41.5. The summed E-state index contributed by atoms with van der Waals surface area (Å²) in [5.74, 6) is -0.0628. The molecule has 2 aliphatic rings. The zero-order valence-electron chi connectivity index (χ0n) is 21.1. The normalized spacial score (nSPS) is 19.2. The third kappa shape index (κ3) is 4.86. The summed E-state index contributed by atoms with van der Waals surface area (Å²) in [6.45, 7) is 2.39. The van der Waals surface area contributed by atoms with Gasteiger partial charge in [-0.2, -0.15) is 18.4 Å². The highest BCUT2D eigenvalue weighted by Crippen LogP contribution is 2.39. The third-order valence-electron chi connectivity index (χ3n) is 7.75. The molecule has 1 amide bonds. The Morgan fingerprint density at radius 2 is 2.00 bits per heavy atom. The van der Waals surface area contributed by atoms with E-state index in [1.165, 1.54) is 6.07 Å². The first-order valence-electron chi connectivity index (χ1n) is 12.7. The predicted octanol–water partition coefficient (Wildman–Crippen LogP) is 3.99. The fourth-order valence-electron chi connectivity index (χ4n) is 5.51. The van der Waals surface area contributed by atoms with Gasteiger partial charge in [-0.15, -0.1) is 0 Å². The van der Waals surface area contributed by atoms with E-state index < -0.39 is 17.2 Å². The lowest BCUT2D eigenvalue weighted by molar-refractivity contribution is -0.137. The molecule has 0 radical (unpaired) electrons. The minimum absolute atomic E-state index is 0.0256. The summed E-state index contributed by atoms with van der Waals surface area (Å²) in [6, 6.07) is 13.0. The Kier molecular flexibility index (Phi) is 6.88. The number of nitriles is 1. The van der Waals surface area contributed by atoms with Crippen molar-refractivity contribution >= 4 is 11.6 Å². The molecule has 2 saturated heterocycles. The Morgan fingerprint density at radius 1 is 1.21 bits per heavy atom. The maximum Gasteiger partial charge on any atom is 0.416 e. The highest BCUT2D eigenvalue weighted by atomic mass is 19.4. The lowest BCUT2D eigenvalue weighted by atomic mass is 9.72. The number of carbonyl (C=O) groups excluding carboxylic acids is 1. The van der Waals surface area contributed by atoms with Gasteiger partial charge in [0.15, 0.2) is 0 Å². The average Bonchev–Trinajstić information content (AvgIpc) is 3.59. The van der Waals surface area contributed by atoms with E-state index >= 15 is 0 Å². The highest BCUT2D eigenvalue weighted by Gasteiger charge is 2.44. The molecular formula is C28H29F3N6O. The lowest BCUT2D eigenvalue weighted by Crippen LogP contribution is -2.54. The molecule has 10 heteroatoms. The Hall–Kier alpha value is -3.84. The van der Waals surface area contributed by atoms with Crippen molar-refractivity contribution in [1.82, 2.24) is 20.2 Å². The number of hydrogen-bond acceptors (Lipinski definition) is 5. The second-order valence-electron chi connectivity index (χ2n) is 10.0. The SMILES string of the molecule is Cn1cccc1-c1ccc(C2(C(=O)NC3CCNC3)CCN(c3ccc(C(F)(F)F)cc3C#N)CC2)cn1. The van der Waals surface area contributed by atoms with Crippen molar-refractivity contribution in [3.63, 3.8) is 0 Å². The number of nitrogens with zero attached hydrogens (tertiary/aromatic N) is 4. The van der Waals surface area contributed by atoms with Crippen LogP contribution in [-0.2, 0) is 23.4 Å². The van der Waals surface area contributed by atoms with Crippen LogP contribution < -0.4 is 15.5 Å². The van der Waals surface area contributed by atoms with Crippen LogP contribution in [0.5, 0.6) is 0 Å². The van der Waals surface area contributed by atoms with Gasteiger partial charge in [0, 0.05) is 45.1 Å². The van der Waals surface area contributed by atoms with Gasteiger partial charge in [-0.1, -0.05) is 6.07 Å². The van der Waals surface area contributed by atoms with Crippen LogP contribution in [0.1, 0.15) is 36.0 Å². The minimum atomic E-state index is -4.52. The molecule has 38 heavy (non-hydrogen) atoms. The van der Waals surface area contributed by atoms with Crippen molar-refractivity contribution in [2.24, 2.45) is 7.05 Å². The molecule has 0 spiro atoms. The van der Waals surface area contributed by atoms with Crippen LogP contribution in [0.4, 0.5) is 18.9 Å².